The number of nitrogens with zero attached hydrogens (tertiary/aromatic N) is 2. The molecule has 2 aromatic rings. The molecule has 31 heavy (non-hydrogen) atoms. The van der Waals surface area contributed by atoms with E-state index < -0.39 is 0 Å². The third-order valence-corrected chi connectivity index (χ3v) is 6.20. The predicted molar refractivity (Wildman–Crippen MR) is 122 cm³/mol. The number of rotatable bonds is 6. The predicted octanol–water partition coefficient (Wildman–Crippen LogP) is 4.75. The average molecular weight is 439 g/mol. The number of amides is 2. The second-order valence-corrected chi connectivity index (χ2v) is 8.61. The average Bonchev–Trinajstić information content (AvgIpc) is 3.01. The molecule has 2 aliphatic rings. The van der Waals surface area contributed by atoms with Gasteiger partial charge in [0.1, 0.15) is 11.4 Å². The molecule has 2 heterocycles. The van der Waals surface area contributed by atoms with Crippen molar-refractivity contribution in [3.63, 3.8) is 0 Å². The first-order chi connectivity index (χ1) is 15.0. The van der Waals surface area contributed by atoms with E-state index in [1.165, 1.54) is 4.90 Å². The number of likely N-dealkylation sites (tertiary alicyclic amines) is 1. The van der Waals surface area contributed by atoms with Gasteiger partial charge in [-0.15, -0.1) is 0 Å². The summed E-state index contributed by atoms with van der Waals surface area (Å²) in [6, 6.07) is 14.7. The van der Waals surface area contributed by atoms with Crippen LogP contribution in [-0.2, 0) is 16.1 Å². The topological polar surface area (TPSA) is 49.9 Å². The highest BCUT2D eigenvalue weighted by Gasteiger charge is 2.42. The van der Waals surface area contributed by atoms with Crippen LogP contribution in [0.5, 0.6) is 5.75 Å². The molecular weight excluding hydrogens is 412 g/mol. The van der Waals surface area contributed by atoms with Gasteiger partial charge in [0.2, 0.25) is 0 Å². The van der Waals surface area contributed by atoms with Crippen LogP contribution in [0.15, 0.2) is 54.2 Å². The van der Waals surface area contributed by atoms with Crippen molar-refractivity contribution in [3.8, 4) is 5.75 Å². The van der Waals surface area contributed by atoms with E-state index in [1.54, 1.807) is 12.1 Å². The van der Waals surface area contributed by atoms with Crippen molar-refractivity contribution in [2.24, 2.45) is 5.92 Å². The number of imide groups is 1. The molecule has 0 atom stereocenters. The van der Waals surface area contributed by atoms with Crippen LogP contribution >= 0.6 is 11.6 Å². The Morgan fingerprint density at radius 1 is 0.968 bits per heavy atom. The largest absolute Gasteiger partial charge is 0.494 e. The van der Waals surface area contributed by atoms with Crippen LogP contribution in [0.4, 0.5) is 0 Å². The first kappa shape index (κ1) is 21.4. The first-order valence-corrected chi connectivity index (χ1v) is 11.2. The Bertz CT molecular complexity index is 990. The summed E-state index contributed by atoms with van der Waals surface area (Å²) in [7, 11) is 0. The molecule has 2 aliphatic heterocycles. The summed E-state index contributed by atoms with van der Waals surface area (Å²) in [6.45, 7) is 6.53. The van der Waals surface area contributed by atoms with E-state index in [0.29, 0.717) is 28.8 Å². The van der Waals surface area contributed by atoms with Crippen LogP contribution in [-0.4, -0.2) is 41.3 Å². The van der Waals surface area contributed by atoms with Crippen LogP contribution in [0.2, 0.25) is 5.02 Å². The number of carbonyl (C=O) groups is 2. The summed E-state index contributed by atoms with van der Waals surface area (Å²) in [6.07, 6.45) is 2.03. The van der Waals surface area contributed by atoms with Gasteiger partial charge in [-0.2, -0.15) is 0 Å². The first-order valence-electron chi connectivity index (χ1n) is 10.8. The summed E-state index contributed by atoms with van der Waals surface area (Å²) in [5.74, 6) is 0.897. The molecular formula is C25H27ClN2O3. The highest BCUT2D eigenvalue weighted by atomic mass is 35.5. The molecule has 0 spiro atoms. The maximum Gasteiger partial charge on any atom is 0.278 e. The van der Waals surface area contributed by atoms with E-state index >= 15 is 0 Å². The summed E-state index contributed by atoms with van der Waals surface area (Å²) in [5.41, 5.74) is 2.62. The molecule has 5 nitrogen and oxygen atoms in total. The molecule has 1 fully saturated rings. The molecule has 6 heteroatoms. The number of halogens is 1. The zero-order valence-corrected chi connectivity index (χ0v) is 18.7. The monoisotopic (exact) mass is 438 g/mol. The number of benzene rings is 2. The van der Waals surface area contributed by atoms with E-state index in [4.69, 9.17) is 16.3 Å². The van der Waals surface area contributed by atoms with Crippen molar-refractivity contribution >= 4 is 29.0 Å². The molecule has 4 rings (SSSR count). The number of piperidine rings is 1. The third kappa shape index (κ3) is 4.47. The van der Waals surface area contributed by atoms with Gasteiger partial charge in [-0.25, -0.2) is 0 Å². The molecule has 0 saturated carbocycles. The number of hydrogen-bond acceptors (Lipinski definition) is 4. The van der Waals surface area contributed by atoms with Gasteiger partial charge in [0.15, 0.2) is 0 Å². The van der Waals surface area contributed by atoms with Gasteiger partial charge in [-0.3, -0.25) is 14.5 Å². The lowest BCUT2D eigenvalue weighted by Gasteiger charge is -2.32. The molecule has 0 unspecified atom stereocenters. The minimum Gasteiger partial charge on any atom is -0.494 e. The standard InChI is InChI=1S/C25H27ClN2O3/c1-3-31-21-10-6-19(7-11-21)22-23(27-14-12-17(2)13-15-27)25(30)28(24(22)29)16-18-4-8-20(26)9-5-18/h4-11,17H,3,12-16H2,1-2H3. The molecule has 2 amide bonds. The second-order valence-electron chi connectivity index (χ2n) is 8.17. The Hall–Kier alpha value is -2.79. The molecule has 0 N–H and O–H groups in total. The van der Waals surface area contributed by atoms with E-state index in [9.17, 15) is 9.59 Å². The smallest absolute Gasteiger partial charge is 0.278 e. The van der Waals surface area contributed by atoms with Crippen molar-refractivity contribution in [2.45, 2.75) is 33.2 Å². The molecule has 0 aromatic heterocycles. The Morgan fingerprint density at radius 2 is 1.61 bits per heavy atom. The minimum atomic E-state index is -0.252. The van der Waals surface area contributed by atoms with Crippen molar-refractivity contribution in [3.05, 3.63) is 70.4 Å². The van der Waals surface area contributed by atoms with Gasteiger partial charge in [0.25, 0.3) is 11.8 Å². The fourth-order valence-corrected chi connectivity index (χ4v) is 4.28. The van der Waals surface area contributed by atoms with Crippen LogP contribution < -0.4 is 4.74 Å². The van der Waals surface area contributed by atoms with Crippen molar-refractivity contribution < 1.29 is 14.3 Å². The highest BCUT2D eigenvalue weighted by molar-refractivity contribution is 6.35. The maximum atomic E-state index is 13.5. The fourth-order valence-electron chi connectivity index (χ4n) is 4.15. The SMILES string of the molecule is CCOc1ccc(C2=C(N3CCC(C)CC3)C(=O)N(Cc3ccc(Cl)cc3)C2=O)cc1. The summed E-state index contributed by atoms with van der Waals surface area (Å²) in [5, 5.41) is 0.624. The third-order valence-electron chi connectivity index (χ3n) is 5.95. The molecule has 162 valence electrons. The van der Waals surface area contributed by atoms with E-state index in [1.807, 2.05) is 43.3 Å². The van der Waals surface area contributed by atoms with Crippen molar-refractivity contribution in [2.75, 3.05) is 19.7 Å². The number of carbonyl (C=O) groups excluding carboxylic acids is 2. The number of hydrogen-bond donors (Lipinski definition) is 0. The van der Waals surface area contributed by atoms with Crippen molar-refractivity contribution in [1.29, 1.82) is 0 Å². The Balaban J connectivity index is 1.69. The highest BCUT2D eigenvalue weighted by Crippen LogP contribution is 2.35. The lowest BCUT2D eigenvalue weighted by molar-refractivity contribution is -0.138. The Morgan fingerprint density at radius 3 is 2.23 bits per heavy atom. The van der Waals surface area contributed by atoms with E-state index in [0.717, 1.165) is 42.8 Å². The minimum absolute atomic E-state index is 0.224. The van der Waals surface area contributed by atoms with Crippen LogP contribution in [0.1, 0.15) is 37.8 Å². The van der Waals surface area contributed by atoms with Gasteiger partial charge < -0.3 is 9.64 Å². The molecule has 0 radical (unpaired) electrons. The zero-order chi connectivity index (χ0) is 22.0. The quantitative estimate of drug-likeness (QED) is 0.610. The number of ether oxygens (including phenoxy) is 1. The van der Waals surface area contributed by atoms with Gasteiger partial charge in [0.05, 0.1) is 18.7 Å². The van der Waals surface area contributed by atoms with Gasteiger partial charge >= 0.3 is 0 Å². The Kier molecular flexibility index (Phi) is 6.33. The summed E-state index contributed by atoms with van der Waals surface area (Å²) in [4.78, 5) is 30.4. The molecule has 2 aromatic carbocycles. The Labute approximate surface area is 188 Å². The lowest BCUT2D eigenvalue weighted by Crippen LogP contribution is -2.38. The lowest BCUT2D eigenvalue weighted by atomic mass is 9.97. The van der Waals surface area contributed by atoms with Crippen LogP contribution in [0.3, 0.4) is 0 Å². The van der Waals surface area contributed by atoms with Crippen LogP contribution in [0, 0.1) is 5.92 Å². The zero-order valence-electron chi connectivity index (χ0n) is 17.9. The molecule has 0 bridgehead atoms. The second kappa shape index (κ2) is 9.15. The van der Waals surface area contributed by atoms with Gasteiger partial charge in [-0.1, -0.05) is 42.8 Å². The normalized spacial score (nSPS) is 17.6. The fraction of sp³-hybridized carbons (Fsp3) is 0.360. The summed E-state index contributed by atoms with van der Waals surface area (Å²) >= 11 is 5.99. The van der Waals surface area contributed by atoms with Crippen molar-refractivity contribution in [1.82, 2.24) is 9.80 Å². The molecule has 0 aliphatic carbocycles. The summed E-state index contributed by atoms with van der Waals surface area (Å²) < 4.78 is 5.54. The van der Waals surface area contributed by atoms with E-state index in [2.05, 4.69) is 11.8 Å². The van der Waals surface area contributed by atoms with Gasteiger partial charge in [-0.05, 0) is 61.1 Å². The molecule has 1 saturated heterocycles. The van der Waals surface area contributed by atoms with E-state index in [-0.39, 0.29) is 18.4 Å². The van der Waals surface area contributed by atoms with Crippen LogP contribution in [0.25, 0.3) is 5.57 Å². The maximum absolute atomic E-state index is 13.5. The van der Waals surface area contributed by atoms with Gasteiger partial charge in [0, 0.05) is 18.1 Å².